The minimum Gasteiger partial charge on any atom is -0.456 e. The zero-order valence-corrected chi connectivity index (χ0v) is 33.6. The predicted octanol–water partition coefficient (Wildman–Crippen LogP) is 7.24. The summed E-state index contributed by atoms with van der Waals surface area (Å²) in [7, 11) is 0. The smallest absolute Gasteiger partial charge is 0.456 e. The molecule has 8 aliphatic carbocycles. The molecule has 0 aromatic rings. The number of rotatable bonds is 4. The third-order valence-corrected chi connectivity index (χ3v) is 14.0. The van der Waals surface area contributed by atoms with Crippen molar-refractivity contribution in [3.05, 3.63) is 132 Å². The Hall–Kier alpha value is -3.16. The van der Waals surface area contributed by atoms with Crippen LogP contribution in [0.25, 0.3) is 0 Å². The maximum Gasteiger partial charge on any atom is 2.00 e. The first-order chi connectivity index (χ1) is 25.4. The number of carbonyl (C=O) groups excluding carboxylic acids is 4. The quantitative estimate of drug-likeness (QED) is 0.167. The first-order valence-electron chi connectivity index (χ1n) is 19.0. The third kappa shape index (κ3) is 5.33. The van der Waals surface area contributed by atoms with E-state index < -0.39 is 11.2 Å². The van der Waals surface area contributed by atoms with Crippen LogP contribution in [0, 0.1) is 84.9 Å². The van der Waals surface area contributed by atoms with Gasteiger partial charge in [0.1, 0.15) is 23.4 Å². The summed E-state index contributed by atoms with van der Waals surface area (Å²) in [5.74, 6) is -0.0267. The molecule has 0 amide bonds. The molecule has 4 fully saturated rings. The van der Waals surface area contributed by atoms with Gasteiger partial charge in [-0.05, 0) is 116 Å². The molecular weight excluding hydrogens is 736 g/mol. The van der Waals surface area contributed by atoms with Gasteiger partial charge < -0.3 is 18.9 Å². The molecule has 8 nitrogen and oxygen atoms in total. The van der Waals surface area contributed by atoms with E-state index in [-0.39, 0.29) is 74.8 Å². The van der Waals surface area contributed by atoms with Crippen LogP contribution in [0.3, 0.4) is 0 Å². The molecule has 2 spiro atoms. The van der Waals surface area contributed by atoms with Gasteiger partial charge in [0.25, 0.3) is 0 Å². The minimum atomic E-state index is -0.607. The first-order valence-corrected chi connectivity index (χ1v) is 19.0. The molecule has 0 aromatic carbocycles. The first kappa shape index (κ1) is 38.7. The molecular formula is C46H46FeO8+2. The molecule has 0 saturated heterocycles. The normalized spacial score (nSPS) is 34.9. The van der Waals surface area contributed by atoms with Crippen molar-refractivity contribution in [2.24, 2.45) is 21.7 Å². The largest absolute Gasteiger partial charge is 2.00 e. The molecule has 10 radical (unpaired) electrons. The summed E-state index contributed by atoms with van der Waals surface area (Å²) < 4.78 is 23.8. The fourth-order valence-corrected chi connectivity index (χ4v) is 10.8. The van der Waals surface area contributed by atoms with Crippen LogP contribution >= 0.6 is 0 Å². The van der Waals surface area contributed by atoms with Crippen molar-refractivity contribution < 1.29 is 55.2 Å². The Labute approximate surface area is 336 Å². The van der Waals surface area contributed by atoms with Gasteiger partial charge in [0, 0.05) is 56.1 Å². The second kappa shape index (κ2) is 12.4. The number of hydrogen-bond acceptors (Lipinski definition) is 8. The second-order valence-corrected chi connectivity index (χ2v) is 17.9. The SMILES string of the molecule is CC1=C2C(=CC(C)(C)[C@@H]2OC(=O)[C]2[CH][CH][CH][CH]2)C2=CC(=O)O[C@]2(C)C12CC2.CC1=C2C(=CC(C)(C)[C@@H]2OC(=O)[C]2[CH][CH][CH][CH]2)C2=CC(=O)O[C@]2(C)C12CC2.[Fe+2]. The molecule has 10 rings (SSSR count). The van der Waals surface area contributed by atoms with Gasteiger partial charge in [0.2, 0.25) is 0 Å². The van der Waals surface area contributed by atoms with Crippen molar-refractivity contribution in [2.75, 3.05) is 0 Å². The van der Waals surface area contributed by atoms with E-state index in [1.807, 2.05) is 39.5 Å². The van der Waals surface area contributed by atoms with Crippen LogP contribution in [-0.2, 0) is 55.2 Å². The van der Waals surface area contributed by atoms with E-state index in [0.717, 1.165) is 59.1 Å². The minimum absolute atomic E-state index is 0. The summed E-state index contributed by atoms with van der Waals surface area (Å²) in [6.07, 6.45) is 25.2. The summed E-state index contributed by atoms with van der Waals surface area (Å²) in [6, 6.07) is 0. The summed E-state index contributed by atoms with van der Waals surface area (Å²) in [4.78, 5) is 49.7. The number of ether oxygens (including phenoxy) is 4. The van der Waals surface area contributed by atoms with Crippen molar-refractivity contribution in [1.82, 2.24) is 0 Å². The van der Waals surface area contributed by atoms with E-state index in [4.69, 9.17) is 18.9 Å². The van der Waals surface area contributed by atoms with Crippen LogP contribution < -0.4 is 0 Å². The average molecular weight is 783 g/mol. The molecule has 4 saturated carbocycles. The molecule has 0 bridgehead atoms. The van der Waals surface area contributed by atoms with E-state index in [2.05, 4.69) is 53.7 Å². The van der Waals surface area contributed by atoms with E-state index in [0.29, 0.717) is 11.8 Å². The average Bonchev–Trinajstić information content (AvgIpc) is 3.66. The van der Waals surface area contributed by atoms with Gasteiger partial charge in [0.15, 0.2) is 0 Å². The van der Waals surface area contributed by atoms with E-state index >= 15 is 0 Å². The van der Waals surface area contributed by atoms with Crippen LogP contribution in [0.1, 0.15) is 81.1 Å². The summed E-state index contributed by atoms with van der Waals surface area (Å²) in [5.41, 5.74) is 6.22. The molecule has 55 heavy (non-hydrogen) atoms. The van der Waals surface area contributed by atoms with Gasteiger partial charge >= 0.3 is 40.9 Å². The Morgan fingerprint density at radius 3 is 1.24 bits per heavy atom. The Bertz CT molecular complexity index is 1840. The summed E-state index contributed by atoms with van der Waals surface area (Å²) >= 11 is 0. The van der Waals surface area contributed by atoms with Crippen molar-refractivity contribution in [1.29, 1.82) is 0 Å². The van der Waals surface area contributed by atoms with Crippen molar-refractivity contribution in [2.45, 2.75) is 104 Å². The van der Waals surface area contributed by atoms with Gasteiger partial charge in [-0.15, -0.1) is 0 Å². The predicted molar refractivity (Wildman–Crippen MR) is 198 cm³/mol. The Morgan fingerprint density at radius 2 is 0.927 bits per heavy atom. The summed E-state index contributed by atoms with van der Waals surface area (Å²) in [5, 5.41) is 0. The van der Waals surface area contributed by atoms with Crippen molar-refractivity contribution in [3.63, 3.8) is 0 Å². The molecule has 0 N–H and O–H groups in total. The van der Waals surface area contributed by atoms with Crippen LogP contribution in [0.15, 0.2) is 68.9 Å². The maximum absolute atomic E-state index is 12.7. The fourth-order valence-electron chi connectivity index (χ4n) is 10.8. The fraction of sp³-hybridized carbons (Fsp3) is 0.435. The molecule has 2 aliphatic heterocycles. The van der Waals surface area contributed by atoms with E-state index in [1.54, 1.807) is 37.8 Å². The number of hydrogen-bond donors (Lipinski definition) is 0. The third-order valence-electron chi connectivity index (χ3n) is 14.0. The van der Waals surface area contributed by atoms with Gasteiger partial charge in [0.05, 0.1) is 11.8 Å². The Kier molecular flexibility index (Phi) is 8.74. The molecule has 2 heterocycles. The molecule has 4 atom stereocenters. The molecule has 0 unspecified atom stereocenters. The standard InChI is InChI=1S/2C23H23O4.Fe/c2*1-13-18-15(16-11-17(24)27-22(16,4)23(13)9-10-23)12-21(2,3)19(18)26-20(25)14-7-5-6-8-14;/h2*5-8,11-12,19H,9-10H2,1-4H3;/q;;+2/t2*19-,22+;/m11./s1. The number of esters is 4. The van der Waals surface area contributed by atoms with Crippen LogP contribution in [-0.4, -0.2) is 47.3 Å². The zero-order valence-electron chi connectivity index (χ0n) is 32.5. The van der Waals surface area contributed by atoms with E-state index in [1.165, 1.54) is 11.1 Å². The molecule has 10 aliphatic rings. The molecule has 284 valence electrons. The van der Waals surface area contributed by atoms with Crippen LogP contribution in [0.2, 0.25) is 0 Å². The zero-order chi connectivity index (χ0) is 38.4. The number of carbonyl (C=O) groups is 4. The molecule has 0 aromatic heterocycles. The van der Waals surface area contributed by atoms with Crippen molar-refractivity contribution in [3.8, 4) is 0 Å². The van der Waals surface area contributed by atoms with E-state index in [9.17, 15) is 19.2 Å². The number of fused-ring (bicyclic) bond motifs is 8. The Balaban J connectivity index is 0.000000153. The van der Waals surface area contributed by atoms with Gasteiger partial charge in [-0.1, -0.05) is 51.0 Å². The van der Waals surface area contributed by atoms with Crippen molar-refractivity contribution >= 4 is 23.9 Å². The van der Waals surface area contributed by atoms with Crippen LogP contribution in [0.4, 0.5) is 0 Å². The monoisotopic (exact) mass is 782 g/mol. The van der Waals surface area contributed by atoms with Gasteiger partial charge in [-0.25, -0.2) is 9.59 Å². The second-order valence-electron chi connectivity index (χ2n) is 17.9. The van der Waals surface area contributed by atoms with Gasteiger partial charge in [-0.3, -0.25) is 9.59 Å². The van der Waals surface area contributed by atoms with Crippen LogP contribution in [0.5, 0.6) is 0 Å². The maximum atomic E-state index is 12.7. The topological polar surface area (TPSA) is 105 Å². The Morgan fingerprint density at radius 1 is 0.600 bits per heavy atom. The summed E-state index contributed by atoms with van der Waals surface area (Å²) in [6.45, 7) is 16.6. The van der Waals surface area contributed by atoms with Gasteiger partial charge in [-0.2, -0.15) is 0 Å². The molecule has 9 heteroatoms.